The van der Waals surface area contributed by atoms with Crippen LogP contribution in [0.2, 0.25) is 0 Å². The fourth-order valence-corrected chi connectivity index (χ4v) is 6.07. The lowest BCUT2D eigenvalue weighted by atomic mass is 9.85. The van der Waals surface area contributed by atoms with Gasteiger partial charge in [-0.1, -0.05) is 74.9 Å². The lowest BCUT2D eigenvalue weighted by Gasteiger charge is -2.40. The highest BCUT2D eigenvalue weighted by atomic mass is 19.1. The van der Waals surface area contributed by atoms with E-state index in [1.165, 1.54) is 33.2 Å². The molecular formula is C34H29FN2. The summed E-state index contributed by atoms with van der Waals surface area (Å²) in [7, 11) is 0. The first kappa shape index (κ1) is 22.1. The lowest BCUT2D eigenvalue weighted by Crippen LogP contribution is -2.31. The summed E-state index contributed by atoms with van der Waals surface area (Å²) in [6.07, 6.45) is 4.34. The van der Waals surface area contributed by atoms with Crippen LogP contribution in [0.4, 0.5) is 10.1 Å². The minimum atomic E-state index is -0.210. The van der Waals surface area contributed by atoms with E-state index in [2.05, 4.69) is 111 Å². The standard InChI is InChI=1S/C34H29FN2/c1-20-8-15-30-27(16-20)25-6-5-7-29-32(25)28(19-36-29)33-26-18-24(35)14-11-22(26)17-31(37(30)33)21-9-12-23(13-10-21)34(2,3)4/h5-19,33,36H,1-4H3. The van der Waals surface area contributed by atoms with Crippen LogP contribution in [0.5, 0.6) is 0 Å². The molecule has 0 fully saturated rings. The summed E-state index contributed by atoms with van der Waals surface area (Å²) in [5, 5.41) is 1.21. The van der Waals surface area contributed by atoms with Crippen LogP contribution in [0.3, 0.4) is 0 Å². The number of halogens is 1. The molecule has 0 amide bonds. The number of nitrogens with one attached hydrogen (secondary N) is 1. The van der Waals surface area contributed by atoms with E-state index in [0.29, 0.717) is 0 Å². The van der Waals surface area contributed by atoms with Gasteiger partial charge in [-0.3, -0.25) is 0 Å². The van der Waals surface area contributed by atoms with Crippen LogP contribution in [-0.2, 0) is 5.41 Å². The molecule has 5 aromatic rings. The monoisotopic (exact) mass is 484 g/mol. The topological polar surface area (TPSA) is 19.0 Å². The van der Waals surface area contributed by atoms with Crippen molar-refractivity contribution < 1.29 is 4.39 Å². The number of hydrogen-bond acceptors (Lipinski definition) is 1. The lowest BCUT2D eigenvalue weighted by molar-refractivity contribution is 0.590. The third-order valence-electron chi connectivity index (χ3n) is 7.93. The van der Waals surface area contributed by atoms with Crippen molar-refractivity contribution in [3.63, 3.8) is 0 Å². The van der Waals surface area contributed by atoms with E-state index in [4.69, 9.17) is 0 Å². The quantitative estimate of drug-likeness (QED) is 0.251. The molecule has 2 aliphatic heterocycles. The SMILES string of the molecule is Cc1ccc2c(c1)-c1cccc3[nH]cc(c13)C1c3cc(F)ccc3C=C(c3ccc(C(C)(C)C)cc3)N21. The summed E-state index contributed by atoms with van der Waals surface area (Å²) in [6, 6.07) is 27.1. The van der Waals surface area contributed by atoms with E-state index >= 15 is 0 Å². The van der Waals surface area contributed by atoms with Crippen LogP contribution in [0, 0.1) is 12.7 Å². The Kier molecular flexibility index (Phi) is 4.60. The summed E-state index contributed by atoms with van der Waals surface area (Å²) < 4.78 is 14.7. The fraction of sp³-hybridized carbons (Fsp3) is 0.176. The molecule has 2 nitrogen and oxygen atoms in total. The molecule has 2 aliphatic rings. The van der Waals surface area contributed by atoms with E-state index in [9.17, 15) is 4.39 Å². The van der Waals surface area contributed by atoms with Gasteiger partial charge in [-0.25, -0.2) is 4.39 Å². The molecule has 0 saturated carbocycles. The molecule has 0 radical (unpaired) electrons. The predicted molar refractivity (Wildman–Crippen MR) is 152 cm³/mol. The Morgan fingerprint density at radius 3 is 2.43 bits per heavy atom. The Labute approximate surface area is 217 Å². The number of anilines is 1. The number of benzene rings is 4. The van der Waals surface area contributed by atoms with Gasteiger partial charge in [0.15, 0.2) is 0 Å². The first-order chi connectivity index (χ1) is 17.8. The van der Waals surface area contributed by atoms with Gasteiger partial charge in [-0.05, 0) is 76.6 Å². The zero-order chi connectivity index (χ0) is 25.5. The first-order valence-electron chi connectivity index (χ1n) is 12.9. The van der Waals surface area contributed by atoms with Gasteiger partial charge in [0.25, 0.3) is 0 Å². The number of nitrogens with zero attached hydrogens (tertiary/aromatic N) is 1. The minimum Gasteiger partial charge on any atom is -0.361 e. The molecule has 0 bridgehead atoms. The highest BCUT2D eigenvalue weighted by Gasteiger charge is 2.37. The maximum Gasteiger partial charge on any atom is 0.123 e. The Balaban J connectivity index is 1.57. The van der Waals surface area contributed by atoms with Gasteiger partial charge in [0.05, 0.1) is 6.04 Å². The molecular weight excluding hydrogens is 455 g/mol. The molecule has 0 spiro atoms. The molecule has 7 rings (SSSR count). The maximum atomic E-state index is 14.7. The van der Waals surface area contributed by atoms with E-state index in [1.807, 2.05) is 6.07 Å². The fourth-order valence-electron chi connectivity index (χ4n) is 6.07. The third kappa shape index (κ3) is 3.30. The van der Waals surface area contributed by atoms with Gasteiger partial charge >= 0.3 is 0 Å². The van der Waals surface area contributed by atoms with E-state index in [0.717, 1.165) is 33.6 Å². The van der Waals surface area contributed by atoms with Crippen molar-refractivity contribution in [1.29, 1.82) is 0 Å². The van der Waals surface area contributed by atoms with Crippen molar-refractivity contribution >= 4 is 28.4 Å². The maximum absolute atomic E-state index is 14.7. The molecule has 3 heteroatoms. The average Bonchev–Trinajstić information content (AvgIpc) is 3.26. The van der Waals surface area contributed by atoms with Gasteiger partial charge in [0, 0.05) is 39.6 Å². The third-order valence-corrected chi connectivity index (χ3v) is 7.93. The van der Waals surface area contributed by atoms with E-state index in [-0.39, 0.29) is 17.3 Å². The average molecular weight is 485 g/mol. The van der Waals surface area contributed by atoms with Gasteiger partial charge < -0.3 is 9.88 Å². The van der Waals surface area contributed by atoms with Gasteiger partial charge in [0.1, 0.15) is 5.82 Å². The zero-order valence-electron chi connectivity index (χ0n) is 21.6. The number of aromatic nitrogens is 1. The Hall–Kier alpha value is -4.11. The number of fused-ring (bicyclic) bond motifs is 7. The summed E-state index contributed by atoms with van der Waals surface area (Å²) >= 11 is 0. The van der Waals surface area contributed by atoms with Crippen molar-refractivity contribution in [2.75, 3.05) is 4.90 Å². The molecule has 37 heavy (non-hydrogen) atoms. The second-order valence-corrected chi connectivity index (χ2v) is 11.4. The largest absolute Gasteiger partial charge is 0.361 e. The smallest absolute Gasteiger partial charge is 0.123 e. The van der Waals surface area contributed by atoms with Crippen LogP contribution in [0.15, 0.2) is 85.1 Å². The van der Waals surface area contributed by atoms with Gasteiger partial charge in [0.2, 0.25) is 0 Å². The molecule has 0 saturated heterocycles. The molecule has 1 aromatic heterocycles. The summed E-state index contributed by atoms with van der Waals surface area (Å²) in [6.45, 7) is 8.86. The number of H-pyrrole nitrogens is 1. The van der Waals surface area contributed by atoms with Crippen molar-refractivity contribution in [2.45, 2.75) is 39.2 Å². The van der Waals surface area contributed by atoms with Crippen LogP contribution in [-0.4, -0.2) is 4.98 Å². The molecule has 182 valence electrons. The van der Waals surface area contributed by atoms with Crippen molar-refractivity contribution in [1.82, 2.24) is 4.98 Å². The molecule has 1 unspecified atom stereocenters. The normalized spacial score (nSPS) is 16.1. The Morgan fingerprint density at radius 2 is 1.65 bits per heavy atom. The summed E-state index contributed by atoms with van der Waals surface area (Å²) in [5.41, 5.74) is 12.7. The Bertz CT molecular complexity index is 1730. The number of aryl methyl sites for hydroxylation is 1. The molecule has 0 aliphatic carbocycles. The van der Waals surface area contributed by atoms with Crippen LogP contribution >= 0.6 is 0 Å². The number of rotatable bonds is 1. The highest BCUT2D eigenvalue weighted by Crippen LogP contribution is 2.53. The van der Waals surface area contributed by atoms with Crippen LogP contribution in [0.1, 0.15) is 60.2 Å². The molecule has 3 heterocycles. The van der Waals surface area contributed by atoms with E-state index < -0.39 is 0 Å². The number of aromatic amines is 1. The highest BCUT2D eigenvalue weighted by molar-refractivity contribution is 6.07. The summed E-state index contributed by atoms with van der Waals surface area (Å²) in [5.74, 6) is -0.210. The molecule has 4 aromatic carbocycles. The minimum absolute atomic E-state index is 0.0806. The molecule has 1 N–H and O–H groups in total. The first-order valence-corrected chi connectivity index (χ1v) is 12.9. The number of hydrogen-bond donors (Lipinski definition) is 1. The second-order valence-electron chi connectivity index (χ2n) is 11.4. The van der Waals surface area contributed by atoms with Gasteiger partial charge in [-0.15, -0.1) is 0 Å². The van der Waals surface area contributed by atoms with Gasteiger partial charge in [-0.2, -0.15) is 0 Å². The second kappa shape index (κ2) is 7.69. The van der Waals surface area contributed by atoms with Crippen molar-refractivity contribution in [3.8, 4) is 11.1 Å². The Morgan fingerprint density at radius 1 is 0.838 bits per heavy atom. The zero-order valence-corrected chi connectivity index (χ0v) is 21.6. The van der Waals surface area contributed by atoms with Crippen molar-refractivity contribution in [3.05, 3.63) is 124 Å². The van der Waals surface area contributed by atoms with Crippen LogP contribution < -0.4 is 4.90 Å². The summed E-state index contributed by atoms with van der Waals surface area (Å²) in [4.78, 5) is 5.93. The predicted octanol–water partition coefficient (Wildman–Crippen LogP) is 9.00. The van der Waals surface area contributed by atoms with Crippen LogP contribution in [0.25, 0.3) is 33.8 Å². The molecule has 1 atom stereocenters. The van der Waals surface area contributed by atoms with Crippen molar-refractivity contribution in [2.24, 2.45) is 0 Å². The van der Waals surface area contributed by atoms with E-state index in [1.54, 1.807) is 12.1 Å².